The Bertz CT molecular complexity index is 983. The maximum absolute atomic E-state index is 10.5. The molecule has 7 heteroatoms. The van der Waals surface area contributed by atoms with Gasteiger partial charge in [0.1, 0.15) is 6.07 Å². The van der Waals surface area contributed by atoms with Crippen molar-refractivity contribution in [2.24, 2.45) is 0 Å². The van der Waals surface area contributed by atoms with Crippen LogP contribution in [0.3, 0.4) is 0 Å². The van der Waals surface area contributed by atoms with Gasteiger partial charge in [0, 0.05) is 28.9 Å². The first-order valence-electron chi connectivity index (χ1n) is 7.70. The van der Waals surface area contributed by atoms with Crippen LogP contribution in [-0.2, 0) is 18.8 Å². The SMILES string of the molecule is CC(C)(O)c1cc(Cn2cc(CO)c(C#N)n2)cc2cc(Cl)cnc12. The number of hydrogen-bond donors (Lipinski definition) is 2. The van der Waals surface area contributed by atoms with Crippen LogP contribution < -0.4 is 0 Å². The second kappa shape index (κ2) is 6.45. The highest BCUT2D eigenvalue weighted by atomic mass is 35.5. The maximum atomic E-state index is 10.5. The fourth-order valence-electron chi connectivity index (χ4n) is 2.78. The summed E-state index contributed by atoms with van der Waals surface area (Å²) in [6, 6.07) is 7.56. The molecule has 0 aliphatic heterocycles. The number of benzene rings is 1. The Kier molecular flexibility index (Phi) is 4.48. The highest BCUT2D eigenvalue weighted by Crippen LogP contribution is 2.30. The summed E-state index contributed by atoms with van der Waals surface area (Å²) in [5.74, 6) is 0. The molecule has 6 nitrogen and oxygen atoms in total. The molecule has 0 unspecified atom stereocenters. The van der Waals surface area contributed by atoms with Gasteiger partial charge in [-0.15, -0.1) is 0 Å². The van der Waals surface area contributed by atoms with Gasteiger partial charge in [0.15, 0.2) is 5.69 Å². The average Bonchev–Trinajstić information content (AvgIpc) is 2.94. The molecule has 0 atom stereocenters. The summed E-state index contributed by atoms with van der Waals surface area (Å²) in [5.41, 5.74) is 1.87. The summed E-state index contributed by atoms with van der Waals surface area (Å²) in [6.45, 7) is 3.55. The molecule has 1 aromatic carbocycles. The number of aliphatic hydroxyl groups excluding tert-OH is 1. The summed E-state index contributed by atoms with van der Waals surface area (Å²) in [4.78, 5) is 4.35. The topological polar surface area (TPSA) is 95.0 Å². The van der Waals surface area contributed by atoms with E-state index in [4.69, 9.17) is 16.9 Å². The number of aliphatic hydroxyl groups is 2. The Labute approximate surface area is 149 Å². The van der Waals surface area contributed by atoms with Crippen LogP contribution in [0.2, 0.25) is 5.02 Å². The minimum atomic E-state index is -1.08. The minimum Gasteiger partial charge on any atom is -0.392 e. The van der Waals surface area contributed by atoms with Crippen LogP contribution in [0.5, 0.6) is 0 Å². The van der Waals surface area contributed by atoms with E-state index in [1.807, 2.05) is 18.2 Å². The molecular formula is C18H17ClN4O2. The Balaban J connectivity index is 2.10. The number of pyridine rings is 1. The van der Waals surface area contributed by atoms with Crippen LogP contribution in [0.25, 0.3) is 10.9 Å². The van der Waals surface area contributed by atoms with Crippen LogP contribution in [0, 0.1) is 11.3 Å². The lowest BCUT2D eigenvalue weighted by molar-refractivity contribution is 0.0799. The van der Waals surface area contributed by atoms with Crippen LogP contribution in [-0.4, -0.2) is 25.0 Å². The Hall–Kier alpha value is -2.46. The van der Waals surface area contributed by atoms with Gasteiger partial charge in [-0.25, -0.2) is 0 Å². The van der Waals surface area contributed by atoms with Gasteiger partial charge in [0.25, 0.3) is 0 Å². The second-order valence-corrected chi connectivity index (χ2v) is 6.83. The molecule has 0 fully saturated rings. The normalized spacial score (nSPS) is 11.7. The quantitative estimate of drug-likeness (QED) is 0.749. The van der Waals surface area contributed by atoms with Gasteiger partial charge in [-0.05, 0) is 37.6 Å². The second-order valence-electron chi connectivity index (χ2n) is 6.40. The fourth-order valence-corrected chi connectivity index (χ4v) is 2.95. The lowest BCUT2D eigenvalue weighted by Gasteiger charge is -2.21. The molecule has 0 radical (unpaired) electrons. The van der Waals surface area contributed by atoms with E-state index in [1.165, 1.54) is 0 Å². The molecule has 2 aromatic heterocycles. The van der Waals surface area contributed by atoms with E-state index in [0.717, 1.165) is 10.9 Å². The Morgan fingerprint density at radius 3 is 2.68 bits per heavy atom. The standard InChI is InChI=1S/C18H17ClN4O2/c1-18(2,25)15-4-11(3-12-5-14(19)7-21-17(12)15)8-23-9-13(10-24)16(6-20)22-23/h3-5,7,9,24-25H,8,10H2,1-2H3. The van der Waals surface area contributed by atoms with E-state index in [9.17, 15) is 10.2 Å². The van der Waals surface area contributed by atoms with Crippen LogP contribution in [0.4, 0.5) is 0 Å². The summed E-state index contributed by atoms with van der Waals surface area (Å²) in [7, 11) is 0. The van der Waals surface area contributed by atoms with Crippen molar-refractivity contribution < 1.29 is 10.2 Å². The molecule has 0 aliphatic rings. The van der Waals surface area contributed by atoms with Crippen molar-refractivity contribution in [3.05, 3.63) is 58.0 Å². The van der Waals surface area contributed by atoms with Crippen molar-refractivity contribution in [3.8, 4) is 6.07 Å². The van der Waals surface area contributed by atoms with E-state index in [-0.39, 0.29) is 12.3 Å². The first-order valence-corrected chi connectivity index (χ1v) is 8.08. The third-order valence-corrected chi connectivity index (χ3v) is 4.13. The molecule has 2 heterocycles. The molecular weight excluding hydrogens is 340 g/mol. The zero-order valence-electron chi connectivity index (χ0n) is 13.9. The third-order valence-electron chi connectivity index (χ3n) is 3.93. The van der Waals surface area contributed by atoms with Gasteiger partial charge in [0.05, 0.1) is 29.3 Å². The summed E-state index contributed by atoms with van der Waals surface area (Å²) in [5, 5.41) is 34.4. The van der Waals surface area contributed by atoms with Crippen molar-refractivity contribution in [2.75, 3.05) is 0 Å². The van der Waals surface area contributed by atoms with Gasteiger partial charge in [-0.2, -0.15) is 10.4 Å². The predicted octanol–water partition coefficient (Wildman–Crippen LogP) is 2.72. The number of nitriles is 1. The molecule has 0 spiro atoms. The first-order chi connectivity index (χ1) is 11.8. The summed E-state index contributed by atoms with van der Waals surface area (Å²) < 4.78 is 1.59. The van der Waals surface area contributed by atoms with E-state index in [2.05, 4.69) is 10.1 Å². The van der Waals surface area contributed by atoms with Crippen molar-refractivity contribution >= 4 is 22.5 Å². The van der Waals surface area contributed by atoms with E-state index >= 15 is 0 Å². The minimum absolute atomic E-state index is 0.204. The lowest BCUT2D eigenvalue weighted by atomic mass is 9.93. The maximum Gasteiger partial charge on any atom is 0.167 e. The van der Waals surface area contributed by atoms with Gasteiger partial charge >= 0.3 is 0 Å². The van der Waals surface area contributed by atoms with Crippen molar-refractivity contribution in [3.63, 3.8) is 0 Å². The molecule has 0 aliphatic carbocycles. The van der Waals surface area contributed by atoms with Gasteiger partial charge in [0.2, 0.25) is 0 Å². The van der Waals surface area contributed by atoms with Crippen LogP contribution in [0.15, 0.2) is 30.6 Å². The number of rotatable bonds is 4. The third kappa shape index (κ3) is 3.49. The smallest absolute Gasteiger partial charge is 0.167 e. The molecule has 2 N–H and O–H groups in total. The molecule has 128 valence electrons. The van der Waals surface area contributed by atoms with E-state index in [0.29, 0.717) is 28.2 Å². The van der Waals surface area contributed by atoms with E-state index in [1.54, 1.807) is 37.0 Å². The highest BCUT2D eigenvalue weighted by Gasteiger charge is 2.21. The van der Waals surface area contributed by atoms with Crippen molar-refractivity contribution in [2.45, 2.75) is 32.6 Å². The fraction of sp³-hybridized carbons (Fsp3) is 0.278. The summed E-state index contributed by atoms with van der Waals surface area (Å²) >= 11 is 6.05. The number of nitrogens with zero attached hydrogens (tertiary/aromatic N) is 4. The molecule has 25 heavy (non-hydrogen) atoms. The number of halogens is 1. The number of fused-ring (bicyclic) bond motifs is 1. The zero-order valence-corrected chi connectivity index (χ0v) is 14.6. The van der Waals surface area contributed by atoms with Gasteiger partial charge in [-0.1, -0.05) is 11.6 Å². The van der Waals surface area contributed by atoms with Crippen molar-refractivity contribution in [1.29, 1.82) is 5.26 Å². The highest BCUT2D eigenvalue weighted by molar-refractivity contribution is 6.31. The van der Waals surface area contributed by atoms with E-state index < -0.39 is 5.60 Å². The van der Waals surface area contributed by atoms with Gasteiger partial charge < -0.3 is 10.2 Å². The largest absolute Gasteiger partial charge is 0.392 e. The Morgan fingerprint density at radius 1 is 1.32 bits per heavy atom. The molecule has 3 aromatic rings. The molecule has 3 rings (SSSR count). The lowest BCUT2D eigenvalue weighted by Crippen LogP contribution is -2.17. The first kappa shape index (κ1) is 17.4. The predicted molar refractivity (Wildman–Crippen MR) is 94.0 cm³/mol. The molecule has 0 bridgehead atoms. The number of hydrogen-bond acceptors (Lipinski definition) is 5. The molecule has 0 saturated carbocycles. The summed E-state index contributed by atoms with van der Waals surface area (Å²) in [6.07, 6.45) is 3.20. The zero-order chi connectivity index (χ0) is 18.2. The number of aromatic nitrogens is 3. The van der Waals surface area contributed by atoms with Crippen molar-refractivity contribution in [1.82, 2.24) is 14.8 Å². The average molecular weight is 357 g/mol. The van der Waals surface area contributed by atoms with Crippen LogP contribution >= 0.6 is 11.6 Å². The molecule has 0 saturated heterocycles. The molecule has 0 amide bonds. The Morgan fingerprint density at radius 2 is 2.08 bits per heavy atom. The van der Waals surface area contributed by atoms with Gasteiger partial charge in [-0.3, -0.25) is 9.67 Å². The monoisotopic (exact) mass is 356 g/mol. The van der Waals surface area contributed by atoms with Crippen LogP contribution in [0.1, 0.15) is 36.2 Å².